The Labute approximate surface area is 255 Å². The highest BCUT2D eigenvalue weighted by Crippen LogP contribution is 2.71. The summed E-state index contributed by atoms with van der Waals surface area (Å²) in [6.45, 7) is 4.74. The van der Waals surface area contributed by atoms with Crippen molar-refractivity contribution in [3.63, 3.8) is 0 Å². The number of hydrogen-bond acceptors (Lipinski definition) is 12. The molecule has 4 aliphatic carbocycles. The van der Waals surface area contributed by atoms with E-state index in [1.54, 1.807) is 6.07 Å². The summed E-state index contributed by atoms with van der Waals surface area (Å²) in [6.07, 6.45) is -2.23. The number of fused-ring (bicyclic) bond motifs is 5. The first-order valence-corrected chi connectivity index (χ1v) is 15.6. The van der Waals surface area contributed by atoms with Crippen LogP contribution >= 0.6 is 0 Å². The average molecular weight is 621 g/mol. The van der Waals surface area contributed by atoms with Gasteiger partial charge in [-0.25, -0.2) is 4.79 Å². The van der Waals surface area contributed by atoms with E-state index < -0.39 is 83.1 Å². The Morgan fingerprint density at radius 1 is 1.02 bits per heavy atom. The van der Waals surface area contributed by atoms with Crippen molar-refractivity contribution < 1.29 is 54.1 Å². The Morgan fingerprint density at radius 2 is 1.77 bits per heavy atom. The zero-order valence-corrected chi connectivity index (χ0v) is 25.3. The maximum absolute atomic E-state index is 12.8. The lowest BCUT2D eigenvalue weighted by Gasteiger charge is -2.66. The lowest BCUT2D eigenvalue weighted by Crippen LogP contribution is -2.73. The molecule has 1 saturated heterocycles. The van der Waals surface area contributed by atoms with Crippen LogP contribution in [0.4, 0.5) is 0 Å². The third-order valence-corrected chi connectivity index (χ3v) is 11.9. The predicted octanol–water partition coefficient (Wildman–Crippen LogP) is 0.643. The van der Waals surface area contributed by atoms with Crippen molar-refractivity contribution in [1.82, 2.24) is 0 Å². The molecule has 5 aliphatic rings. The van der Waals surface area contributed by atoms with E-state index in [1.807, 2.05) is 19.9 Å². The molecule has 1 aliphatic heterocycles. The summed E-state index contributed by atoms with van der Waals surface area (Å²) >= 11 is 0. The van der Waals surface area contributed by atoms with Gasteiger partial charge in [-0.2, -0.15) is 0 Å². The molecular formula is C32H44O12. The van der Waals surface area contributed by atoms with E-state index in [4.69, 9.17) is 18.6 Å². The van der Waals surface area contributed by atoms with Gasteiger partial charge in [0.05, 0.1) is 24.6 Å². The number of carbonyl (C=O) groups is 1. The van der Waals surface area contributed by atoms with Gasteiger partial charge < -0.3 is 49.3 Å². The fourth-order valence-corrected chi connectivity index (χ4v) is 9.64. The Bertz CT molecular complexity index is 1340. The Hall–Kier alpha value is -2.16. The van der Waals surface area contributed by atoms with E-state index in [2.05, 4.69) is 0 Å². The van der Waals surface area contributed by atoms with Crippen LogP contribution in [0.25, 0.3) is 0 Å². The molecule has 3 saturated carbocycles. The van der Waals surface area contributed by atoms with Crippen molar-refractivity contribution in [2.45, 2.75) is 126 Å². The highest BCUT2D eigenvalue weighted by atomic mass is 16.7. The Morgan fingerprint density at radius 3 is 2.43 bits per heavy atom. The topological polar surface area (TPSA) is 196 Å². The van der Waals surface area contributed by atoms with Crippen molar-refractivity contribution in [2.75, 3.05) is 6.61 Å². The minimum atomic E-state index is -1.60. The lowest BCUT2D eigenvalue weighted by molar-refractivity contribution is -0.310. The molecule has 44 heavy (non-hydrogen) atoms. The van der Waals surface area contributed by atoms with Gasteiger partial charge in [0.1, 0.15) is 36.1 Å². The SMILES string of the molecule is CC(=O)O[C@@H]1C[C@]2(O)[C@H](CC[C@]3(C)[C@H](c4ccc(=O)oc4)CC[C@@]32O)[C@@]2(C)CC[C@@H](O[C@H]3O[C@H](CO)[C@H](O)[C@@H](O)[C@H]3O)C=C12. The van der Waals surface area contributed by atoms with E-state index in [9.17, 15) is 40.2 Å². The molecule has 13 atom stereocenters. The summed E-state index contributed by atoms with van der Waals surface area (Å²) in [5.74, 6) is -1.06. The highest BCUT2D eigenvalue weighted by molar-refractivity contribution is 5.66. The van der Waals surface area contributed by atoms with Gasteiger partial charge in [0.25, 0.3) is 0 Å². The van der Waals surface area contributed by atoms with Crippen molar-refractivity contribution in [3.05, 3.63) is 46.0 Å². The molecule has 0 amide bonds. The van der Waals surface area contributed by atoms with Gasteiger partial charge in [-0.15, -0.1) is 0 Å². The van der Waals surface area contributed by atoms with Gasteiger partial charge in [-0.1, -0.05) is 19.9 Å². The number of carbonyl (C=O) groups excluding carboxylic acids is 1. The summed E-state index contributed by atoms with van der Waals surface area (Å²) in [6, 6.07) is 3.10. The second kappa shape index (κ2) is 11.0. The van der Waals surface area contributed by atoms with Gasteiger partial charge in [0.2, 0.25) is 0 Å². The van der Waals surface area contributed by atoms with Crippen LogP contribution in [0.15, 0.2) is 39.3 Å². The standard InChI is InChI=1S/C32H44O12/c1-16(34)42-21-13-31(39)23(8-10-30(3)19(7-11-32(30,31)40)17-4-5-24(35)41-15-17)29(2)9-6-18(12-20(21)29)43-28-27(38)26(37)25(36)22(14-33)44-28/h4-5,12,15,18-19,21-23,25-28,33,36-40H,6-11,13-14H2,1-3H3/t18-,19+,21-,22-,23-,25+,26-,27-,28+,29+,30-,31+,32-/m1/s1. The second-order valence-electron chi connectivity index (χ2n) is 14.0. The molecule has 0 bridgehead atoms. The van der Waals surface area contributed by atoms with Crippen LogP contribution in [0.2, 0.25) is 0 Å². The monoisotopic (exact) mass is 620 g/mol. The zero-order valence-electron chi connectivity index (χ0n) is 25.3. The van der Waals surface area contributed by atoms with Crippen molar-refractivity contribution in [3.8, 4) is 0 Å². The van der Waals surface area contributed by atoms with Crippen LogP contribution in [-0.4, -0.2) is 97.3 Å². The van der Waals surface area contributed by atoms with Crippen molar-refractivity contribution in [2.24, 2.45) is 16.7 Å². The van der Waals surface area contributed by atoms with Crippen LogP contribution < -0.4 is 5.63 Å². The van der Waals surface area contributed by atoms with Crippen molar-refractivity contribution in [1.29, 1.82) is 0 Å². The molecule has 12 heteroatoms. The third-order valence-electron chi connectivity index (χ3n) is 11.9. The van der Waals surface area contributed by atoms with E-state index in [-0.39, 0.29) is 18.3 Å². The molecule has 12 nitrogen and oxygen atoms in total. The van der Waals surface area contributed by atoms with Crippen LogP contribution in [0.5, 0.6) is 0 Å². The first-order valence-electron chi connectivity index (χ1n) is 15.6. The molecule has 6 rings (SSSR count). The lowest BCUT2D eigenvalue weighted by atomic mass is 9.42. The maximum Gasteiger partial charge on any atom is 0.335 e. The summed E-state index contributed by atoms with van der Waals surface area (Å²) in [5, 5.41) is 65.9. The van der Waals surface area contributed by atoms with Gasteiger partial charge >= 0.3 is 11.6 Å². The smallest absolute Gasteiger partial charge is 0.335 e. The molecule has 1 aromatic heterocycles. The Kier molecular flexibility index (Phi) is 7.94. The molecule has 0 radical (unpaired) electrons. The summed E-state index contributed by atoms with van der Waals surface area (Å²) < 4.78 is 22.6. The molecular weight excluding hydrogens is 576 g/mol. The predicted molar refractivity (Wildman–Crippen MR) is 152 cm³/mol. The van der Waals surface area contributed by atoms with Crippen LogP contribution in [0.3, 0.4) is 0 Å². The molecule has 6 N–H and O–H groups in total. The number of rotatable bonds is 5. The highest BCUT2D eigenvalue weighted by Gasteiger charge is 2.75. The fourth-order valence-electron chi connectivity index (χ4n) is 9.64. The number of hydrogen-bond donors (Lipinski definition) is 6. The minimum absolute atomic E-state index is 0.0197. The van der Waals surface area contributed by atoms with E-state index in [0.29, 0.717) is 38.5 Å². The summed E-state index contributed by atoms with van der Waals surface area (Å²) in [5.41, 5.74) is -3.41. The fraction of sp³-hybridized carbons (Fsp3) is 0.750. The van der Waals surface area contributed by atoms with Gasteiger partial charge in [0.15, 0.2) is 6.29 Å². The number of aliphatic hydroxyl groups is 6. The van der Waals surface area contributed by atoms with E-state index in [0.717, 1.165) is 11.1 Å². The van der Waals surface area contributed by atoms with E-state index in [1.165, 1.54) is 19.3 Å². The normalized spacial score (nSPS) is 48.5. The molecule has 244 valence electrons. The molecule has 0 spiro atoms. The molecule has 2 heterocycles. The van der Waals surface area contributed by atoms with Crippen molar-refractivity contribution >= 4 is 5.97 Å². The second-order valence-corrected chi connectivity index (χ2v) is 14.0. The van der Waals surface area contributed by atoms with Crippen LogP contribution in [-0.2, 0) is 19.0 Å². The van der Waals surface area contributed by atoms with Gasteiger partial charge in [-0.3, -0.25) is 4.79 Å². The molecule has 0 unspecified atom stereocenters. The quantitative estimate of drug-likeness (QED) is 0.199. The first-order chi connectivity index (χ1) is 20.7. The third kappa shape index (κ3) is 4.56. The largest absolute Gasteiger partial charge is 0.458 e. The summed E-state index contributed by atoms with van der Waals surface area (Å²) in [4.78, 5) is 24.0. The number of ether oxygens (including phenoxy) is 3. The summed E-state index contributed by atoms with van der Waals surface area (Å²) in [7, 11) is 0. The number of aliphatic hydroxyl groups excluding tert-OH is 4. The minimum Gasteiger partial charge on any atom is -0.458 e. The Balaban J connectivity index is 1.33. The van der Waals surface area contributed by atoms with Crippen LogP contribution in [0, 0.1) is 16.7 Å². The molecule has 4 fully saturated rings. The molecule has 0 aromatic carbocycles. The van der Waals surface area contributed by atoms with Gasteiger partial charge in [0, 0.05) is 24.8 Å². The molecule has 1 aromatic rings. The van der Waals surface area contributed by atoms with Gasteiger partial charge in [-0.05, 0) is 73.0 Å². The number of esters is 1. The first kappa shape index (κ1) is 31.8. The maximum atomic E-state index is 12.8. The average Bonchev–Trinajstić information content (AvgIpc) is 3.26. The van der Waals surface area contributed by atoms with E-state index >= 15 is 0 Å². The zero-order chi connectivity index (χ0) is 31.8. The van der Waals surface area contributed by atoms with Crippen LogP contribution in [0.1, 0.15) is 77.2 Å².